The molecule has 0 saturated heterocycles. The van der Waals surface area contributed by atoms with Gasteiger partial charge in [0.05, 0.1) is 18.7 Å². The van der Waals surface area contributed by atoms with Gasteiger partial charge < -0.3 is 13.9 Å². The number of hydrogen-bond acceptors (Lipinski definition) is 7. The molecule has 0 bridgehead atoms. The molecule has 154 valence electrons. The molecule has 0 fully saturated rings. The molecule has 0 saturated carbocycles. The first-order chi connectivity index (χ1) is 14.5. The molecule has 3 aromatic rings. The molecule has 1 aliphatic rings. The summed E-state index contributed by atoms with van der Waals surface area (Å²) >= 11 is 0. The van der Waals surface area contributed by atoms with Crippen molar-refractivity contribution in [3.63, 3.8) is 0 Å². The van der Waals surface area contributed by atoms with Crippen LogP contribution >= 0.6 is 0 Å². The molecular formula is C22H21N3O5. The topological polar surface area (TPSA) is 94.8 Å². The monoisotopic (exact) mass is 407 g/mol. The van der Waals surface area contributed by atoms with Gasteiger partial charge >= 0.3 is 5.97 Å². The van der Waals surface area contributed by atoms with E-state index in [0.717, 1.165) is 11.1 Å². The number of aryl methyl sites for hydroxylation is 1. The standard InChI is InChI=1S/C22H21N3O5/c1-14-7-9-16(10-8-14)22-24-23-21(30-22)15(2)29-20(27)13-25-17-5-3-4-6-18(17)28-12-11-19(25)26/h3-10,15H,11-13H2,1-2H3/t15-/m0/s1. The minimum atomic E-state index is -0.752. The molecule has 30 heavy (non-hydrogen) atoms. The van der Waals surface area contributed by atoms with Crippen LogP contribution in [0.3, 0.4) is 0 Å². The molecule has 0 unspecified atom stereocenters. The number of aromatic nitrogens is 2. The first-order valence-corrected chi connectivity index (χ1v) is 9.63. The molecule has 8 nitrogen and oxygen atoms in total. The molecule has 1 aliphatic heterocycles. The van der Waals surface area contributed by atoms with Crippen molar-refractivity contribution in [2.75, 3.05) is 18.1 Å². The minimum Gasteiger partial charge on any atom is -0.491 e. The summed E-state index contributed by atoms with van der Waals surface area (Å²) < 4.78 is 16.7. The van der Waals surface area contributed by atoms with E-state index in [4.69, 9.17) is 13.9 Å². The molecule has 1 amide bonds. The Morgan fingerprint density at radius 3 is 2.73 bits per heavy atom. The van der Waals surface area contributed by atoms with E-state index in [2.05, 4.69) is 10.2 Å². The molecule has 1 aromatic heterocycles. The van der Waals surface area contributed by atoms with Gasteiger partial charge in [-0.2, -0.15) is 0 Å². The van der Waals surface area contributed by atoms with Crippen LogP contribution in [-0.2, 0) is 14.3 Å². The van der Waals surface area contributed by atoms with Crippen LogP contribution in [0.1, 0.15) is 30.9 Å². The number of carbonyl (C=O) groups is 2. The van der Waals surface area contributed by atoms with Crippen LogP contribution < -0.4 is 9.64 Å². The minimum absolute atomic E-state index is 0.182. The maximum atomic E-state index is 12.5. The second-order valence-corrected chi connectivity index (χ2v) is 6.99. The van der Waals surface area contributed by atoms with Gasteiger partial charge in [0.15, 0.2) is 6.10 Å². The number of para-hydroxylation sites is 2. The van der Waals surface area contributed by atoms with Gasteiger partial charge in [-0.05, 0) is 38.1 Å². The molecule has 0 spiro atoms. The molecule has 0 N–H and O–H groups in total. The van der Waals surface area contributed by atoms with Crippen LogP contribution in [0, 0.1) is 6.92 Å². The van der Waals surface area contributed by atoms with Gasteiger partial charge in [0, 0.05) is 5.56 Å². The highest BCUT2D eigenvalue weighted by molar-refractivity contribution is 5.99. The normalized spacial score (nSPS) is 14.5. The number of benzene rings is 2. The number of amides is 1. The Morgan fingerprint density at radius 2 is 1.93 bits per heavy atom. The zero-order valence-electron chi connectivity index (χ0n) is 16.7. The predicted molar refractivity (Wildman–Crippen MR) is 108 cm³/mol. The van der Waals surface area contributed by atoms with Gasteiger partial charge in [-0.3, -0.25) is 14.5 Å². The van der Waals surface area contributed by atoms with Gasteiger partial charge in [-0.25, -0.2) is 0 Å². The average Bonchev–Trinajstić information content (AvgIpc) is 3.18. The summed E-state index contributed by atoms with van der Waals surface area (Å²) in [5.41, 5.74) is 2.45. The summed E-state index contributed by atoms with van der Waals surface area (Å²) in [5.74, 6) is 0.307. The summed E-state index contributed by atoms with van der Waals surface area (Å²) in [6, 6.07) is 14.8. The van der Waals surface area contributed by atoms with Crippen molar-refractivity contribution in [3.05, 3.63) is 60.0 Å². The highest BCUT2D eigenvalue weighted by Gasteiger charge is 2.27. The van der Waals surface area contributed by atoms with Crippen LogP contribution in [-0.4, -0.2) is 35.2 Å². The molecule has 8 heteroatoms. The third-order valence-corrected chi connectivity index (χ3v) is 4.71. The van der Waals surface area contributed by atoms with Crippen molar-refractivity contribution in [2.24, 2.45) is 0 Å². The van der Waals surface area contributed by atoms with E-state index < -0.39 is 12.1 Å². The van der Waals surface area contributed by atoms with Crippen LogP contribution in [0.2, 0.25) is 0 Å². The summed E-state index contributed by atoms with van der Waals surface area (Å²) in [5, 5.41) is 8.01. The van der Waals surface area contributed by atoms with E-state index in [1.54, 1.807) is 25.1 Å². The second kappa shape index (κ2) is 8.36. The zero-order valence-corrected chi connectivity index (χ0v) is 16.7. The Bertz CT molecular complexity index is 1060. The Kier molecular flexibility index (Phi) is 5.47. The van der Waals surface area contributed by atoms with Crippen LogP contribution in [0.15, 0.2) is 52.9 Å². The maximum absolute atomic E-state index is 12.5. The first kappa shape index (κ1) is 19.6. The van der Waals surface area contributed by atoms with Gasteiger partial charge in [-0.15, -0.1) is 10.2 Å². The fourth-order valence-corrected chi connectivity index (χ4v) is 3.12. The highest BCUT2D eigenvalue weighted by Crippen LogP contribution is 2.31. The maximum Gasteiger partial charge on any atom is 0.326 e. The van der Waals surface area contributed by atoms with Crippen LogP contribution in [0.25, 0.3) is 11.5 Å². The first-order valence-electron chi connectivity index (χ1n) is 9.63. The Morgan fingerprint density at radius 1 is 1.17 bits per heavy atom. The average molecular weight is 407 g/mol. The van der Waals surface area contributed by atoms with E-state index in [1.807, 2.05) is 37.3 Å². The SMILES string of the molecule is Cc1ccc(-c2nnc([C@H](C)OC(=O)CN3C(=O)CCOc4ccccc43)o2)cc1. The van der Waals surface area contributed by atoms with Crippen molar-refractivity contribution in [3.8, 4) is 17.2 Å². The van der Waals surface area contributed by atoms with Crippen molar-refractivity contribution in [2.45, 2.75) is 26.4 Å². The molecular weight excluding hydrogens is 386 g/mol. The van der Waals surface area contributed by atoms with Crippen LogP contribution in [0.4, 0.5) is 5.69 Å². The molecule has 2 heterocycles. The molecule has 2 aromatic carbocycles. The second-order valence-electron chi connectivity index (χ2n) is 6.99. The lowest BCUT2D eigenvalue weighted by molar-refractivity contribution is -0.148. The molecule has 4 rings (SSSR count). The van der Waals surface area contributed by atoms with E-state index in [1.165, 1.54) is 4.90 Å². The lowest BCUT2D eigenvalue weighted by Gasteiger charge is -2.21. The number of fused-ring (bicyclic) bond motifs is 1. The van der Waals surface area contributed by atoms with Crippen molar-refractivity contribution in [1.82, 2.24) is 10.2 Å². The molecule has 0 radical (unpaired) electrons. The van der Waals surface area contributed by atoms with E-state index in [9.17, 15) is 9.59 Å². The lowest BCUT2D eigenvalue weighted by Crippen LogP contribution is -2.36. The smallest absolute Gasteiger partial charge is 0.326 e. The lowest BCUT2D eigenvalue weighted by atomic mass is 10.1. The Labute approximate surface area is 173 Å². The fourth-order valence-electron chi connectivity index (χ4n) is 3.12. The zero-order chi connectivity index (χ0) is 21.1. The van der Waals surface area contributed by atoms with Crippen LogP contribution in [0.5, 0.6) is 5.75 Å². The Hall–Kier alpha value is -3.68. The number of nitrogens with zero attached hydrogens (tertiary/aromatic N) is 3. The Balaban J connectivity index is 1.44. The van der Waals surface area contributed by atoms with Crippen molar-refractivity contribution >= 4 is 17.6 Å². The third kappa shape index (κ3) is 4.17. The fraction of sp³-hybridized carbons (Fsp3) is 0.273. The predicted octanol–water partition coefficient (Wildman–Crippen LogP) is 3.46. The van der Waals surface area contributed by atoms with Crippen molar-refractivity contribution < 1.29 is 23.5 Å². The molecule has 1 atom stereocenters. The van der Waals surface area contributed by atoms with Crippen molar-refractivity contribution in [1.29, 1.82) is 0 Å². The van der Waals surface area contributed by atoms with E-state index >= 15 is 0 Å². The highest BCUT2D eigenvalue weighted by atomic mass is 16.6. The summed E-state index contributed by atoms with van der Waals surface area (Å²) in [7, 11) is 0. The van der Waals surface area contributed by atoms with E-state index in [0.29, 0.717) is 17.3 Å². The number of hydrogen-bond donors (Lipinski definition) is 0. The number of rotatable bonds is 5. The quantitative estimate of drug-likeness (QED) is 0.598. The molecule has 0 aliphatic carbocycles. The van der Waals surface area contributed by atoms with Gasteiger partial charge in [0.2, 0.25) is 11.8 Å². The number of esters is 1. The summed E-state index contributed by atoms with van der Waals surface area (Å²) in [6.07, 6.45) is -0.570. The largest absolute Gasteiger partial charge is 0.491 e. The number of ether oxygens (including phenoxy) is 2. The number of carbonyl (C=O) groups excluding carboxylic acids is 2. The van der Waals surface area contributed by atoms with Gasteiger partial charge in [0.1, 0.15) is 12.3 Å². The summed E-state index contributed by atoms with van der Waals surface area (Å²) in [4.78, 5) is 26.4. The summed E-state index contributed by atoms with van der Waals surface area (Å²) in [6.45, 7) is 3.67. The number of anilines is 1. The van der Waals surface area contributed by atoms with Gasteiger partial charge in [0.25, 0.3) is 5.89 Å². The third-order valence-electron chi connectivity index (χ3n) is 4.71. The van der Waals surface area contributed by atoms with Gasteiger partial charge in [-0.1, -0.05) is 29.8 Å². The van der Waals surface area contributed by atoms with E-state index in [-0.39, 0.29) is 31.4 Å².